The van der Waals surface area contributed by atoms with E-state index in [9.17, 15) is 19.8 Å². The van der Waals surface area contributed by atoms with Crippen molar-refractivity contribution < 1.29 is 54.8 Å². The number of aldehydes is 1. The Labute approximate surface area is 149 Å². The van der Waals surface area contributed by atoms with Crippen molar-refractivity contribution in [3.8, 4) is 0 Å². The predicted octanol–water partition coefficient (Wildman–Crippen LogP) is -5.03. The van der Waals surface area contributed by atoms with Gasteiger partial charge in [0, 0.05) is 13.3 Å². The molecule has 0 spiro atoms. The van der Waals surface area contributed by atoms with Crippen molar-refractivity contribution in [2.24, 2.45) is 5.73 Å². The molecule has 8 atom stereocenters. The van der Waals surface area contributed by atoms with Crippen LogP contribution in [0.25, 0.3) is 0 Å². The van der Waals surface area contributed by atoms with Crippen LogP contribution in [0.15, 0.2) is 0 Å². The van der Waals surface area contributed by atoms with Crippen molar-refractivity contribution in [3.05, 3.63) is 0 Å². The lowest BCUT2D eigenvalue weighted by molar-refractivity contribution is -0.258. The van der Waals surface area contributed by atoms with Crippen molar-refractivity contribution in [1.82, 2.24) is 0 Å². The Morgan fingerprint density at radius 2 is 1.77 bits per heavy atom. The van der Waals surface area contributed by atoms with Crippen molar-refractivity contribution >= 4 is 12.3 Å². The van der Waals surface area contributed by atoms with Crippen molar-refractivity contribution in [2.75, 3.05) is 13.2 Å². The fourth-order valence-electron chi connectivity index (χ4n) is 1.98. The number of hydrogen-bond donors (Lipinski definition) is 8. The Balaban J connectivity index is 0.000000508. The molecule has 0 aliphatic carbocycles. The summed E-state index contributed by atoms with van der Waals surface area (Å²) in [5.74, 6) is -0.615. The molecule has 1 aliphatic rings. The van der Waals surface area contributed by atoms with Gasteiger partial charge in [0.1, 0.15) is 36.8 Å². The molecule has 0 aromatic rings. The summed E-state index contributed by atoms with van der Waals surface area (Å²) >= 11 is 0. The second-order valence-corrected chi connectivity index (χ2v) is 5.60. The number of rotatable bonds is 7. The van der Waals surface area contributed by atoms with Crippen LogP contribution in [0.1, 0.15) is 13.3 Å². The summed E-state index contributed by atoms with van der Waals surface area (Å²) < 4.78 is 9.70. The zero-order valence-corrected chi connectivity index (χ0v) is 14.2. The third kappa shape index (κ3) is 7.57. The SMILES string of the molecule is CC(=O)OC1O[C@H](CO)[C@@H](O)[C@H](O)[C@H]1N.O=CCC(O)C(O)C(O)CO. The van der Waals surface area contributed by atoms with Crippen LogP contribution in [0.2, 0.25) is 0 Å². The van der Waals surface area contributed by atoms with E-state index in [1.165, 1.54) is 6.92 Å². The summed E-state index contributed by atoms with van der Waals surface area (Å²) in [6, 6.07) is -1.04. The molecule has 1 rings (SSSR count). The lowest BCUT2D eigenvalue weighted by Gasteiger charge is -2.39. The van der Waals surface area contributed by atoms with Gasteiger partial charge >= 0.3 is 5.97 Å². The highest BCUT2D eigenvalue weighted by atomic mass is 16.7. The van der Waals surface area contributed by atoms with Gasteiger partial charge in [0.05, 0.1) is 25.4 Å². The minimum atomic E-state index is -1.47. The van der Waals surface area contributed by atoms with Crippen LogP contribution >= 0.6 is 0 Å². The van der Waals surface area contributed by atoms with Gasteiger partial charge in [0.25, 0.3) is 0 Å². The fraction of sp³-hybridized carbons (Fsp3) is 0.857. The first-order valence-corrected chi connectivity index (χ1v) is 7.74. The molecular formula is C14H27NO11. The maximum atomic E-state index is 10.7. The van der Waals surface area contributed by atoms with Crippen molar-refractivity contribution in [3.63, 3.8) is 0 Å². The quantitative estimate of drug-likeness (QED) is 0.152. The maximum absolute atomic E-state index is 10.7. The topological polar surface area (TPSA) is 220 Å². The summed E-state index contributed by atoms with van der Waals surface area (Å²) in [7, 11) is 0. The largest absolute Gasteiger partial charge is 0.434 e. The number of aliphatic hydroxyl groups is 7. The third-order valence-electron chi connectivity index (χ3n) is 3.52. The number of carbonyl (C=O) groups is 2. The van der Waals surface area contributed by atoms with Crippen LogP contribution in [0.4, 0.5) is 0 Å². The van der Waals surface area contributed by atoms with Crippen LogP contribution in [0, 0.1) is 0 Å². The molecule has 26 heavy (non-hydrogen) atoms. The number of hydrogen-bond acceptors (Lipinski definition) is 12. The first-order chi connectivity index (χ1) is 12.1. The molecule has 4 unspecified atom stereocenters. The second-order valence-electron chi connectivity index (χ2n) is 5.60. The van der Waals surface area contributed by atoms with E-state index in [2.05, 4.69) is 4.74 Å². The monoisotopic (exact) mass is 385 g/mol. The van der Waals surface area contributed by atoms with Gasteiger partial charge in [-0.25, -0.2) is 0 Å². The number of ether oxygens (including phenoxy) is 2. The van der Waals surface area contributed by atoms with E-state index in [0.717, 1.165) is 0 Å². The molecule has 1 saturated heterocycles. The van der Waals surface area contributed by atoms with Crippen molar-refractivity contribution in [2.45, 2.75) is 62.3 Å². The van der Waals surface area contributed by atoms with Crippen molar-refractivity contribution in [1.29, 1.82) is 0 Å². The Bertz CT molecular complexity index is 422. The summed E-state index contributed by atoms with van der Waals surface area (Å²) in [5.41, 5.74) is 5.48. The van der Waals surface area contributed by atoms with E-state index in [1.54, 1.807) is 0 Å². The molecule has 0 radical (unpaired) electrons. The average molecular weight is 385 g/mol. The van der Waals surface area contributed by atoms with Crippen LogP contribution < -0.4 is 5.73 Å². The van der Waals surface area contributed by atoms with Crippen LogP contribution in [-0.4, -0.2) is 110 Å². The molecule has 1 fully saturated rings. The number of aliphatic hydroxyl groups excluding tert-OH is 7. The average Bonchev–Trinajstić information content (AvgIpc) is 2.61. The first kappa shape index (κ1) is 24.8. The molecular weight excluding hydrogens is 358 g/mol. The molecule has 0 aromatic carbocycles. The summed E-state index contributed by atoms with van der Waals surface area (Å²) in [4.78, 5) is 20.5. The molecule has 9 N–H and O–H groups in total. The van der Waals surface area contributed by atoms with Crippen LogP contribution in [-0.2, 0) is 19.1 Å². The zero-order chi connectivity index (χ0) is 20.4. The second kappa shape index (κ2) is 12.2. The summed E-state index contributed by atoms with van der Waals surface area (Å²) in [6.07, 6.45) is -8.76. The van der Waals surface area contributed by atoms with Gasteiger partial charge in [-0.15, -0.1) is 0 Å². The number of nitrogens with two attached hydrogens (primary N) is 1. The summed E-state index contributed by atoms with van der Waals surface area (Å²) in [5, 5.41) is 62.5. The van der Waals surface area contributed by atoms with Crippen LogP contribution in [0.3, 0.4) is 0 Å². The van der Waals surface area contributed by atoms with Gasteiger partial charge in [0.15, 0.2) is 0 Å². The normalized spacial score (nSPS) is 31.8. The minimum absolute atomic E-state index is 0.252. The van der Waals surface area contributed by atoms with Gasteiger partial charge in [-0.2, -0.15) is 0 Å². The molecule has 0 bridgehead atoms. The van der Waals surface area contributed by atoms with Gasteiger partial charge in [0.2, 0.25) is 6.29 Å². The van der Waals surface area contributed by atoms with E-state index in [-0.39, 0.29) is 6.42 Å². The zero-order valence-electron chi connectivity index (χ0n) is 14.2. The van der Waals surface area contributed by atoms with Gasteiger partial charge in [-0.3, -0.25) is 4.79 Å². The molecule has 0 amide bonds. The van der Waals surface area contributed by atoms with E-state index in [0.29, 0.717) is 6.29 Å². The Hall–Kier alpha value is -1.22. The highest BCUT2D eigenvalue weighted by molar-refractivity contribution is 5.66. The van der Waals surface area contributed by atoms with Gasteiger partial charge in [-0.05, 0) is 0 Å². The van der Waals surface area contributed by atoms with Gasteiger partial charge in [-0.1, -0.05) is 0 Å². The molecule has 1 heterocycles. The maximum Gasteiger partial charge on any atom is 0.304 e. The standard InChI is InChI=1S/C8H15NO6.C6H12O5/c1-3(11)14-8-5(9)7(13)6(12)4(2-10)15-8;7-2-1-4(9)6(11)5(10)3-8/h4-8,10,12-13H,2,9H2,1H3;2,4-6,8-11H,1,3H2/t4-,5-,6-,7-,8?;/m1./s1. The van der Waals surface area contributed by atoms with Gasteiger partial charge < -0.3 is 55.7 Å². The molecule has 0 aromatic heterocycles. The Morgan fingerprint density at radius 3 is 2.19 bits per heavy atom. The van der Waals surface area contributed by atoms with E-state index < -0.39 is 68.1 Å². The first-order valence-electron chi connectivity index (χ1n) is 7.74. The van der Waals surface area contributed by atoms with E-state index in [4.69, 9.17) is 36.0 Å². The highest BCUT2D eigenvalue weighted by Crippen LogP contribution is 2.20. The third-order valence-corrected chi connectivity index (χ3v) is 3.52. The highest BCUT2D eigenvalue weighted by Gasteiger charge is 2.43. The number of esters is 1. The Kier molecular flexibility index (Phi) is 11.6. The lowest BCUT2D eigenvalue weighted by atomic mass is 9.98. The fourth-order valence-corrected chi connectivity index (χ4v) is 1.98. The minimum Gasteiger partial charge on any atom is -0.434 e. The molecule has 154 valence electrons. The van der Waals surface area contributed by atoms with Crippen LogP contribution in [0.5, 0.6) is 0 Å². The van der Waals surface area contributed by atoms with E-state index in [1.807, 2.05) is 0 Å². The molecule has 0 saturated carbocycles. The van der Waals surface area contributed by atoms with E-state index >= 15 is 0 Å². The molecule has 12 heteroatoms. The number of carbonyl (C=O) groups excluding carboxylic acids is 2. The predicted molar refractivity (Wildman–Crippen MR) is 83.3 cm³/mol. The Morgan fingerprint density at radius 1 is 1.19 bits per heavy atom. The lowest BCUT2D eigenvalue weighted by Crippen LogP contribution is -2.62. The smallest absolute Gasteiger partial charge is 0.304 e. The molecule has 12 nitrogen and oxygen atoms in total. The summed E-state index contributed by atoms with van der Waals surface area (Å²) in [6.45, 7) is 0.0290. The molecule has 1 aliphatic heterocycles.